The van der Waals surface area contributed by atoms with Crippen molar-refractivity contribution in [3.8, 4) is 0 Å². The predicted molar refractivity (Wildman–Crippen MR) is 114 cm³/mol. The topological polar surface area (TPSA) is 73.0 Å². The van der Waals surface area contributed by atoms with E-state index in [1.54, 1.807) is 24.4 Å². The lowest BCUT2D eigenvalue weighted by Crippen LogP contribution is -2.15. The molecule has 0 radical (unpaired) electrons. The van der Waals surface area contributed by atoms with E-state index in [-0.39, 0.29) is 11.7 Å². The zero-order valence-electron chi connectivity index (χ0n) is 15.4. The normalized spacial score (nSPS) is 10.8. The molecule has 0 aliphatic heterocycles. The number of rotatable bonds is 8. The van der Waals surface area contributed by atoms with Crippen LogP contribution in [0.25, 0.3) is 0 Å². The van der Waals surface area contributed by atoms with E-state index in [2.05, 4.69) is 15.5 Å². The fourth-order valence-electron chi connectivity index (χ4n) is 2.63. The van der Waals surface area contributed by atoms with E-state index in [9.17, 15) is 4.79 Å². The molecule has 0 atom stereocenters. The Morgan fingerprint density at radius 2 is 1.86 bits per heavy atom. The van der Waals surface area contributed by atoms with Crippen molar-refractivity contribution < 1.29 is 9.21 Å². The monoisotopic (exact) mass is 422 g/mol. The van der Waals surface area contributed by atoms with Crippen LogP contribution in [0.3, 0.4) is 0 Å². The number of nitrogens with one attached hydrogen (secondary N) is 1. The summed E-state index contributed by atoms with van der Waals surface area (Å²) in [5.74, 6) is 0.952. The van der Waals surface area contributed by atoms with Gasteiger partial charge in [-0.3, -0.25) is 4.79 Å². The minimum absolute atomic E-state index is 0.0938. The first-order valence-electron chi connectivity index (χ1n) is 8.93. The molecular weight excluding hydrogens is 404 g/mol. The van der Waals surface area contributed by atoms with E-state index >= 15 is 0 Å². The third-order valence-electron chi connectivity index (χ3n) is 3.95. The first-order valence-corrected chi connectivity index (χ1v) is 10.7. The van der Waals surface area contributed by atoms with Crippen LogP contribution in [0.2, 0.25) is 0 Å². The van der Waals surface area contributed by atoms with Gasteiger partial charge in [-0.2, -0.15) is 0 Å². The Balaban J connectivity index is 1.37. The maximum absolute atomic E-state index is 12.5. The number of furan rings is 1. The molecule has 2 aromatic heterocycles. The van der Waals surface area contributed by atoms with Crippen LogP contribution in [0.1, 0.15) is 5.76 Å². The van der Waals surface area contributed by atoms with Gasteiger partial charge in [0.25, 0.3) is 0 Å². The molecule has 0 bridgehead atoms. The summed E-state index contributed by atoms with van der Waals surface area (Å²) < 4.78 is 7.22. The van der Waals surface area contributed by atoms with Gasteiger partial charge in [0, 0.05) is 9.79 Å². The highest BCUT2D eigenvalue weighted by Crippen LogP contribution is 2.33. The van der Waals surface area contributed by atoms with Crippen LogP contribution in [0.5, 0.6) is 0 Å². The number of hydrogen-bond acceptors (Lipinski definition) is 6. The van der Waals surface area contributed by atoms with Crippen LogP contribution in [-0.4, -0.2) is 26.4 Å². The maximum Gasteiger partial charge on any atom is 0.234 e. The Morgan fingerprint density at radius 1 is 1.03 bits per heavy atom. The molecule has 0 aliphatic rings. The summed E-state index contributed by atoms with van der Waals surface area (Å²) in [5, 5.41) is 11.7. The second kappa shape index (κ2) is 9.49. The van der Waals surface area contributed by atoms with Crippen molar-refractivity contribution in [1.82, 2.24) is 14.8 Å². The van der Waals surface area contributed by atoms with Gasteiger partial charge in [-0.25, -0.2) is 0 Å². The Labute approximate surface area is 176 Å². The minimum Gasteiger partial charge on any atom is -0.467 e. The number of carbonyl (C=O) groups excluding carboxylic acids is 1. The zero-order chi connectivity index (χ0) is 19.9. The van der Waals surface area contributed by atoms with Gasteiger partial charge in [-0.15, -0.1) is 10.2 Å². The standard InChI is InChI=1S/C21H18N4O2S2/c26-20(14-28-21-24-22-15-25(21)13-16-7-6-12-27-16)23-18-10-4-5-11-19(18)29-17-8-2-1-3-9-17/h1-12,15H,13-14H2,(H,23,26). The molecule has 0 unspecified atom stereocenters. The Morgan fingerprint density at radius 3 is 2.69 bits per heavy atom. The van der Waals surface area contributed by atoms with E-state index < -0.39 is 0 Å². The second-order valence-corrected chi connectivity index (χ2v) is 8.13. The summed E-state index contributed by atoms with van der Waals surface area (Å²) in [6.45, 7) is 0.528. The molecule has 0 saturated heterocycles. The lowest BCUT2D eigenvalue weighted by atomic mass is 10.3. The molecule has 29 heavy (non-hydrogen) atoms. The summed E-state index contributed by atoms with van der Waals surface area (Å²) in [5.41, 5.74) is 0.795. The molecule has 8 heteroatoms. The first kappa shape index (κ1) is 19.4. The lowest BCUT2D eigenvalue weighted by Gasteiger charge is -2.11. The Kier molecular flexibility index (Phi) is 6.33. The highest BCUT2D eigenvalue weighted by molar-refractivity contribution is 8.00. The van der Waals surface area contributed by atoms with Gasteiger partial charge >= 0.3 is 0 Å². The van der Waals surface area contributed by atoms with Crippen LogP contribution < -0.4 is 5.32 Å². The van der Waals surface area contributed by atoms with Gasteiger partial charge in [0.1, 0.15) is 12.1 Å². The van der Waals surface area contributed by atoms with E-state index in [1.165, 1.54) is 11.8 Å². The number of carbonyl (C=O) groups is 1. The number of amides is 1. The second-order valence-electron chi connectivity index (χ2n) is 6.07. The number of nitrogens with zero attached hydrogens (tertiary/aromatic N) is 3. The van der Waals surface area contributed by atoms with Crippen LogP contribution >= 0.6 is 23.5 Å². The molecule has 6 nitrogen and oxygen atoms in total. The van der Waals surface area contributed by atoms with E-state index in [0.717, 1.165) is 21.2 Å². The number of anilines is 1. The fraction of sp³-hybridized carbons (Fsp3) is 0.0952. The number of para-hydroxylation sites is 1. The predicted octanol–water partition coefficient (Wildman–Crippen LogP) is 4.80. The zero-order valence-corrected chi connectivity index (χ0v) is 17.0. The molecule has 0 saturated carbocycles. The molecule has 2 heterocycles. The fourth-order valence-corrected chi connectivity index (χ4v) is 4.26. The smallest absolute Gasteiger partial charge is 0.234 e. The van der Waals surface area contributed by atoms with Crippen molar-refractivity contribution in [2.24, 2.45) is 0 Å². The highest BCUT2D eigenvalue weighted by atomic mass is 32.2. The van der Waals surface area contributed by atoms with Gasteiger partial charge in [0.2, 0.25) is 5.91 Å². The molecule has 0 aliphatic carbocycles. The highest BCUT2D eigenvalue weighted by Gasteiger charge is 2.12. The van der Waals surface area contributed by atoms with Gasteiger partial charge in [-0.05, 0) is 36.4 Å². The SMILES string of the molecule is O=C(CSc1nncn1Cc1ccco1)Nc1ccccc1Sc1ccccc1. The average Bonchev–Trinajstić information content (AvgIpc) is 3.41. The summed E-state index contributed by atoms with van der Waals surface area (Å²) >= 11 is 2.96. The van der Waals surface area contributed by atoms with Crippen LogP contribution in [-0.2, 0) is 11.3 Å². The quantitative estimate of drug-likeness (QED) is 0.411. The van der Waals surface area contributed by atoms with Crippen molar-refractivity contribution in [3.05, 3.63) is 85.1 Å². The van der Waals surface area contributed by atoms with Crippen molar-refractivity contribution in [2.75, 3.05) is 11.1 Å². The van der Waals surface area contributed by atoms with Crippen LogP contribution in [0.15, 0.2) is 98.7 Å². The summed E-state index contributed by atoms with van der Waals surface area (Å²) in [6.07, 6.45) is 3.26. The van der Waals surface area contributed by atoms with Gasteiger partial charge in [-0.1, -0.05) is 53.9 Å². The molecule has 4 rings (SSSR count). The van der Waals surface area contributed by atoms with Crippen molar-refractivity contribution in [1.29, 1.82) is 0 Å². The van der Waals surface area contributed by atoms with E-state index in [4.69, 9.17) is 4.42 Å². The summed E-state index contributed by atoms with van der Waals surface area (Å²) in [6, 6.07) is 21.6. The van der Waals surface area contributed by atoms with Gasteiger partial charge < -0.3 is 14.3 Å². The number of thioether (sulfide) groups is 1. The maximum atomic E-state index is 12.5. The molecule has 4 aromatic rings. The Hall–Kier alpha value is -2.97. The van der Waals surface area contributed by atoms with Crippen LogP contribution in [0, 0.1) is 0 Å². The number of benzene rings is 2. The van der Waals surface area contributed by atoms with E-state index in [1.807, 2.05) is 71.3 Å². The molecule has 146 valence electrons. The van der Waals surface area contributed by atoms with E-state index in [0.29, 0.717) is 11.7 Å². The molecular formula is C21H18N4O2S2. The summed E-state index contributed by atoms with van der Waals surface area (Å²) in [7, 11) is 0. The van der Waals surface area contributed by atoms with Gasteiger partial charge in [0.15, 0.2) is 5.16 Å². The molecule has 0 fully saturated rings. The summed E-state index contributed by atoms with van der Waals surface area (Å²) in [4.78, 5) is 14.6. The minimum atomic E-state index is -0.0938. The van der Waals surface area contributed by atoms with Crippen molar-refractivity contribution in [3.63, 3.8) is 0 Å². The molecule has 0 spiro atoms. The number of hydrogen-bond donors (Lipinski definition) is 1. The largest absolute Gasteiger partial charge is 0.467 e. The van der Waals surface area contributed by atoms with Crippen molar-refractivity contribution in [2.45, 2.75) is 21.5 Å². The molecule has 2 aromatic carbocycles. The average molecular weight is 423 g/mol. The Bertz CT molecular complexity index is 1070. The van der Waals surface area contributed by atoms with Gasteiger partial charge in [0.05, 0.1) is 24.2 Å². The lowest BCUT2D eigenvalue weighted by molar-refractivity contribution is -0.113. The third kappa shape index (κ3) is 5.30. The number of aromatic nitrogens is 3. The first-order chi connectivity index (χ1) is 14.3. The van der Waals surface area contributed by atoms with Crippen molar-refractivity contribution >= 4 is 35.1 Å². The molecule has 1 N–H and O–H groups in total. The third-order valence-corrected chi connectivity index (χ3v) is 6.02. The molecule has 1 amide bonds. The van der Waals surface area contributed by atoms with Crippen LogP contribution in [0.4, 0.5) is 5.69 Å².